The normalized spacial score (nSPS) is 10.5. The molecule has 1 N–H and O–H groups in total. The summed E-state index contributed by atoms with van der Waals surface area (Å²) in [7, 11) is 1.76. The van der Waals surface area contributed by atoms with Crippen molar-refractivity contribution in [2.45, 2.75) is 20.3 Å². The molecule has 0 radical (unpaired) electrons. The summed E-state index contributed by atoms with van der Waals surface area (Å²) in [5.74, 6) is 0.328. The van der Waals surface area contributed by atoms with Gasteiger partial charge >= 0.3 is 0 Å². The van der Waals surface area contributed by atoms with Crippen LogP contribution >= 0.6 is 15.9 Å². The van der Waals surface area contributed by atoms with Gasteiger partial charge in [0.1, 0.15) is 11.5 Å². The van der Waals surface area contributed by atoms with Crippen molar-refractivity contribution in [3.05, 3.63) is 39.8 Å². The molecule has 0 aliphatic rings. The molecule has 0 aliphatic carbocycles. The number of rotatable bonds is 3. The number of amides is 1. The molecular formula is C13H15BrN4O. The molecule has 0 saturated heterocycles. The molecule has 19 heavy (non-hydrogen) atoms. The predicted molar refractivity (Wildman–Crippen MR) is 77.2 cm³/mol. The SMILES string of the molecule is CCc1cc(C(=O)Nc2cc(C)c(Br)cn2)n(C)n1. The van der Waals surface area contributed by atoms with Crippen LogP contribution in [-0.2, 0) is 13.5 Å². The van der Waals surface area contributed by atoms with E-state index in [0.717, 1.165) is 22.2 Å². The molecule has 0 spiro atoms. The highest BCUT2D eigenvalue weighted by Gasteiger charge is 2.13. The van der Waals surface area contributed by atoms with Crippen molar-refractivity contribution in [3.8, 4) is 0 Å². The second-order valence-corrected chi connectivity index (χ2v) is 5.13. The number of carbonyl (C=O) groups is 1. The van der Waals surface area contributed by atoms with Gasteiger partial charge < -0.3 is 5.32 Å². The Bertz CT molecular complexity index is 621. The molecule has 2 aromatic heterocycles. The Morgan fingerprint density at radius 3 is 2.79 bits per heavy atom. The summed E-state index contributed by atoms with van der Waals surface area (Å²) >= 11 is 3.38. The molecule has 0 aliphatic heterocycles. The number of hydrogen-bond acceptors (Lipinski definition) is 3. The summed E-state index contributed by atoms with van der Waals surface area (Å²) in [6, 6.07) is 3.61. The second kappa shape index (κ2) is 5.52. The quantitative estimate of drug-likeness (QED) is 0.945. The molecule has 2 rings (SSSR count). The van der Waals surface area contributed by atoms with Crippen molar-refractivity contribution in [2.75, 3.05) is 5.32 Å². The summed E-state index contributed by atoms with van der Waals surface area (Å²) in [6.45, 7) is 3.95. The molecule has 0 aromatic carbocycles. The Balaban J connectivity index is 2.20. The van der Waals surface area contributed by atoms with Gasteiger partial charge in [-0.2, -0.15) is 5.10 Å². The van der Waals surface area contributed by atoms with Crippen LogP contribution in [0, 0.1) is 6.92 Å². The van der Waals surface area contributed by atoms with Crippen LogP contribution in [-0.4, -0.2) is 20.7 Å². The largest absolute Gasteiger partial charge is 0.305 e. The van der Waals surface area contributed by atoms with Gasteiger partial charge in [0.05, 0.1) is 5.69 Å². The van der Waals surface area contributed by atoms with Gasteiger partial charge in [-0.1, -0.05) is 6.92 Å². The smallest absolute Gasteiger partial charge is 0.275 e. The minimum absolute atomic E-state index is 0.205. The van der Waals surface area contributed by atoms with E-state index < -0.39 is 0 Å². The molecular weight excluding hydrogens is 308 g/mol. The summed E-state index contributed by atoms with van der Waals surface area (Å²) in [5.41, 5.74) is 2.44. The molecule has 2 aromatic rings. The van der Waals surface area contributed by atoms with E-state index in [0.29, 0.717) is 11.5 Å². The highest BCUT2D eigenvalue weighted by atomic mass is 79.9. The van der Waals surface area contributed by atoms with E-state index >= 15 is 0 Å². The van der Waals surface area contributed by atoms with Crippen LogP contribution in [0.5, 0.6) is 0 Å². The maximum absolute atomic E-state index is 12.1. The van der Waals surface area contributed by atoms with Gasteiger partial charge in [0, 0.05) is 17.7 Å². The van der Waals surface area contributed by atoms with Gasteiger partial charge in [0.2, 0.25) is 0 Å². The zero-order valence-corrected chi connectivity index (χ0v) is 12.7. The van der Waals surface area contributed by atoms with E-state index in [2.05, 4.69) is 31.3 Å². The number of carbonyl (C=O) groups excluding carboxylic acids is 1. The number of nitrogens with zero attached hydrogens (tertiary/aromatic N) is 3. The molecule has 0 unspecified atom stereocenters. The summed E-state index contributed by atoms with van der Waals surface area (Å²) in [4.78, 5) is 16.3. The van der Waals surface area contributed by atoms with Crippen LogP contribution in [0.1, 0.15) is 28.7 Å². The fourth-order valence-corrected chi connectivity index (χ4v) is 1.92. The third kappa shape index (κ3) is 3.01. The monoisotopic (exact) mass is 322 g/mol. The lowest BCUT2D eigenvalue weighted by Crippen LogP contribution is -2.16. The standard InChI is InChI=1S/C13H15BrN4O/c1-4-9-6-11(18(3)17-9)13(19)16-12-5-8(2)10(14)7-15-12/h5-7H,4H2,1-3H3,(H,15,16,19). The van der Waals surface area contributed by atoms with Crippen molar-refractivity contribution < 1.29 is 4.79 Å². The predicted octanol–water partition coefficient (Wildman–Crippen LogP) is 2.70. The number of pyridine rings is 1. The lowest BCUT2D eigenvalue weighted by Gasteiger charge is -2.06. The minimum atomic E-state index is -0.205. The molecule has 0 atom stereocenters. The van der Waals surface area contributed by atoms with Gasteiger partial charge in [0.25, 0.3) is 5.91 Å². The van der Waals surface area contributed by atoms with Crippen LogP contribution in [0.4, 0.5) is 5.82 Å². The minimum Gasteiger partial charge on any atom is -0.305 e. The first kappa shape index (κ1) is 13.7. The fraction of sp³-hybridized carbons (Fsp3) is 0.308. The first-order chi connectivity index (χ1) is 9.01. The highest BCUT2D eigenvalue weighted by molar-refractivity contribution is 9.10. The molecule has 6 heteroatoms. The molecule has 100 valence electrons. The topological polar surface area (TPSA) is 59.8 Å². The number of hydrogen-bond donors (Lipinski definition) is 1. The zero-order valence-electron chi connectivity index (χ0n) is 11.1. The average Bonchev–Trinajstić information content (AvgIpc) is 2.75. The summed E-state index contributed by atoms with van der Waals surface area (Å²) in [5, 5.41) is 7.02. The number of nitrogens with one attached hydrogen (secondary N) is 1. The van der Waals surface area contributed by atoms with Gasteiger partial charge in [-0.05, 0) is 47.0 Å². The maximum atomic E-state index is 12.1. The van der Waals surface area contributed by atoms with Crippen LogP contribution in [0.2, 0.25) is 0 Å². The molecule has 0 fully saturated rings. The van der Waals surface area contributed by atoms with Gasteiger partial charge in [0.15, 0.2) is 0 Å². The summed E-state index contributed by atoms with van der Waals surface area (Å²) in [6.07, 6.45) is 2.47. The van der Waals surface area contributed by atoms with Crippen molar-refractivity contribution in [1.29, 1.82) is 0 Å². The van der Waals surface area contributed by atoms with E-state index in [-0.39, 0.29) is 5.91 Å². The molecule has 5 nitrogen and oxygen atoms in total. The van der Waals surface area contributed by atoms with E-state index in [9.17, 15) is 4.79 Å². The summed E-state index contributed by atoms with van der Waals surface area (Å²) < 4.78 is 2.50. The Kier molecular flexibility index (Phi) is 3.99. The Morgan fingerprint density at radius 2 is 2.21 bits per heavy atom. The van der Waals surface area contributed by atoms with Crippen LogP contribution in [0.3, 0.4) is 0 Å². The zero-order chi connectivity index (χ0) is 14.0. The Hall–Kier alpha value is -1.69. The Morgan fingerprint density at radius 1 is 1.47 bits per heavy atom. The van der Waals surface area contributed by atoms with Gasteiger partial charge in [-0.3, -0.25) is 9.48 Å². The van der Waals surface area contributed by atoms with Crippen molar-refractivity contribution in [3.63, 3.8) is 0 Å². The number of halogens is 1. The molecule has 1 amide bonds. The van der Waals surface area contributed by atoms with E-state index in [1.165, 1.54) is 0 Å². The van der Waals surface area contributed by atoms with Crippen molar-refractivity contribution in [1.82, 2.24) is 14.8 Å². The lowest BCUT2D eigenvalue weighted by molar-refractivity contribution is 0.101. The number of aryl methyl sites for hydroxylation is 3. The molecule has 2 heterocycles. The van der Waals surface area contributed by atoms with Crippen LogP contribution < -0.4 is 5.32 Å². The Labute approximate surface area is 120 Å². The number of anilines is 1. The van der Waals surface area contributed by atoms with E-state index in [1.807, 2.05) is 19.9 Å². The highest BCUT2D eigenvalue weighted by Crippen LogP contribution is 2.17. The third-order valence-corrected chi connectivity index (χ3v) is 3.64. The third-order valence-electron chi connectivity index (χ3n) is 2.81. The maximum Gasteiger partial charge on any atom is 0.275 e. The number of aromatic nitrogens is 3. The first-order valence-corrected chi connectivity index (χ1v) is 6.77. The lowest BCUT2D eigenvalue weighted by atomic mass is 10.3. The van der Waals surface area contributed by atoms with Gasteiger partial charge in [-0.15, -0.1) is 0 Å². The van der Waals surface area contributed by atoms with Crippen molar-refractivity contribution in [2.24, 2.45) is 7.05 Å². The molecule has 0 saturated carbocycles. The average molecular weight is 323 g/mol. The van der Waals surface area contributed by atoms with Gasteiger partial charge in [-0.25, -0.2) is 4.98 Å². The van der Waals surface area contributed by atoms with E-state index in [1.54, 1.807) is 24.0 Å². The van der Waals surface area contributed by atoms with Crippen LogP contribution in [0.15, 0.2) is 22.8 Å². The second-order valence-electron chi connectivity index (χ2n) is 4.27. The molecule has 0 bridgehead atoms. The fourth-order valence-electron chi connectivity index (χ4n) is 1.70. The van der Waals surface area contributed by atoms with Crippen LogP contribution in [0.25, 0.3) is 0 Å². The van der Waals surface area contributed by atoms with E-state index in [4.69, 9.17) is 0 Å². The van der Waals surface area contributed by atoms with Crippen molar-refractivity contribution >= 4 is 27.7 Å². The first-order valence-electron chi connectivity index (χ1n) is 5.97.